The van der Waals surface area contributed by atoms with Gasteiger partial charge in [-0.05, 0) is 90.6 Å². The van der Waals surface area contributed by atoms with Crippen molar-refractivity contribution in [1.82, 2.24) is 20.4 Å². The largest absolute Gasteiger partial charge is 0.347 e. The number of aromatic nitrogens is 2. The fourth-order valence-corrected chi connectivity index (χ4v) is 4.63. The van der Waals surface area contributed by atoms with Gasteiger partial charge in [0.2, 0.25) is 0 Å². The zero-order valence-corrected chi connectivity index (χ0v) is 19.1. The number of hydrogen-bond acceptors (Lipinski definition) is 3. The standard InChI is InChI=1S/C27H25F3N4O/c28-21-11-18(16-34-6-2-1-3-7-34)8-20(12-21)19-4-5-25-24(13-19)26(33-32-25)27(35)31-15-17-9-22(29)14-23(30)10-17/h4-5,8-14H,1-3,6-7,15-16H2,(H,31,35)(H,32,33). The first-order chi connectivity index (χ1) is 16.9. The maximum Gasteiger partial charge on any atom is 0.272 e. The molecule has 35 heavy (non-hydrogen) atoms. The monoisotopic (exact) mass is 478 g/mol. The van der Waals surface area contributed by atoms with Gasteiger partial charge in [-0.25, -0.2) is 13.2 Å². The van der Waals surface area contributed by atoms with E-state index in [4.69, 9.17) is 0 Å². The van der Waals surface area contributed by atoms with Crippen molar-refractivity contribution in [2.75, 3.05) is 13.1 Å². The molecular formula is C27H25F3N4O. The number of H-pyrrole nitrogens is 1. The van der Waals surface area contributed by atoms with Crippen LogP contribution in [0.4, 0.5) is 13.2 Å². The fourth-order valence-electron chi connectivity index (χ4n) is 4.63. The Hall–Kier alpha value is -3.65. The molecular weight excluding hydrogens is 453 g/mol. The second-order valence-electron chi connectivity index (χ2n) is 8.98. The van der Waals surface area contributed by atoms with Gasteiger partial charge in [-0.1, -0.05) is 12.5 Å². The van der Waals surface area contributed by atoms with Crippen LogP contribution in [0.3, 0.4) is 0 Å². The Morgan fingerprint density at radius 2 is 1.57 bits per heavy atom. The Bertz CT molecular complexity index is 1360. The summed E-state index contributed by atoms with van der Waals surface area (Å²) in [7, 11) is 0. The topological polar surface area (TPSA) is 61.0 Å². The maximum absolute atomic E-state index is 14.5. The first kappa shape index (κ1) is 23.1. The number of hydrogen-bond donors (Lipinski definition) is 2. The molecule has 0 saturated carbocycles. The molecule has 0 unspecified atom stereocenters. The summed E-state index contributed by atoms with van der Waals surface area (Å²) >= 11 is 0. The van der Waals surface area contributed by atoms with E-state index in [0.29, 0.717) is 23.0 Å². The van der Waals surface area contributed by atoms with Gasteiger partial charge in [0.15, 0.2) is 5.69 Å². The minimum absolute atomic E-state index is 0.0503. The van der Waals surface area contributed by atoms with Crippen molar-refractivity contribution in [3.63, 3.8) is 0 Å². The molecule has 1 aromatic heterocycles. The van der Waals surface area contributed by atoms with E-state index in [1.165, 1.54) is 25.3 Å². The lowest BCUT2D eigenvalue weighted by molar-refractivity contribution is 0.0947. The van der Waals surface area contributed by atoms with Crippen LogP contribution in [-0.2, 0) is 13.1 Å². The number of nitrogens with one attached hydrogen (secondary N) is 2. The van der Waals surface area contributed by atoms with Gasteiger partial charge >= 0.3 is 0 Å². The summed E-state index contributed by atoms with van der Waals surface area (Å²) in [5.41, 5.74) is 3.51. The van der Waals surface area contributed by atoms with Gasteiger partial charge < -0.3 is 5.32 Å². The molecule has 2 heterocycles. The molecule has 0 aliphatic carbocycles. The van der Waals surface area contributed by atoms with Crippen LogP contribution in [0, 0.1) is 17.5 Å². The average molecular weight is 479 g/mol. The summed E-state index contributed by atoms with van der Waals surface area (Å²) in [5.74, 6) is -2.21. The summed E-state index contributed by atoms with van der Waals surface area (Å²) in [6, 6.07) is 13.6. The van der Waals surface area contributed by atoms with Crippen molar-refractivity contribution in [3.8, 4) is 11.1 Å². The smallest absolute Gasteiger partial charge is 0.272 e. The molecule has 1 aliphatic rings. The van der Waals surface area contributed by atoms with Gasteiger partial charge in [0, 0.05) is 24.5 Å². The molecule has 0 spiro atoms. The van der Waals surface area contributed by atoms with Crippen molar-refractivity contribution < 1.29 is 18.0 Å². The van der Waals surface area contributed by atoms with Crippen LogP contribution < -0.4 is 5.32 Å². The van der Waals surface area contributed by atoms with Crippen molar-refractivity contribution >= 4 is 16.8 Å². The van der Waals surface area contributed by atoms with E-state index in [2.05, 4.69) is 20.4 Å². The zero-order valence-electron chi connectivity index (χ0n) is 19.1. The molecule has 0 radical (unpaired) electrons. The SMILES string of the molecule is O=C(NCc1cc(F)cc(F)c1)c1n[nH]c2ccc(-c3cc(F)cc(CN4CCCCC4)c3)cc12. The summed E-state index contributed by atoms with van der Waals surface area (Å²) in [4.78, 5) is 15.1. The lowest BCUT2D eigenvalue weighted by atomic mass is 10.00. The molecule has 2 N–H and O–H groups in total. The van der Waals surface area contributed by atoms with Crippen LogP contribution in [0.25, 0.3) is 22.0 Å². The molecule has 0 bridgehead atoms. The molecule has 0 atom stereocenters. The molecule has 8 heteroatoms. The van der Waals surface area contributed by atoms with E-state index >= 15 is 0 Å². The summed E-state index contributed by atoms with van der Waals surface area (Å²) in [6.07, 6.45) is 3.57. The molecule has 5 rings (SSSR count). The summed E-state index contributed by atoms with van der Waals surface area (Å²) < 4.78 is 41.3. The van der Waals surface area contributed by atoms with Crippen molar-refractivity contribution in [2.45, 2.75) is 32.4 Å². The van der Waals surface area contributed by atoms with Gasteiger partial charge in [0.1, 0.15) is 17.5 Å². The highest BCUT2D eigenvalue weighted by atomic mass is 19.1. The number of likely N-dealkylation sites (tertiary alicyclic amines) is 1. The molecule has 1 aliphatic heterocycles. The molecule has 1 fully saturated rings. The van der Waals surface area contributed by atoms with Gasteiger partial charge in [-0.3, -0.25) is 14.8 Å². The van der Waals surface area contributed by atoms with E-state index in [0.717, 1.165) is 48.0 Å². The minimum Gasteiger partial charge on any atom is -0.347 e. The summed E-state index contributed by atoms with van der Waals surface area (Å²) in [5, 5.41) is 10.2. The number of fused-ring (bicyclic) bond motifs is 1. The number of halogens is 3. The van der Waals surface area contributed by atoms with Crippen LogP contribution in [0.2, 0.25) is 0 Å². The molecule has 4 aromatic rings. The van der Waals surface area contributed by atoms with Gasteiger partial charge in [-0.15, -0.1) is 0 Å². The Morgan fingerprint density at radius 3 is 2.34 bits per heavy atom. The highest BCUT2D eigenvalue weighted by Gasteiger charge is 2.16. The van der Waals surface area contributed by atoms with Gasteiger partial charge in [0.05, 0.1) is 5.52 Å². The van der Waals surface area contributed by atoms with E-state index in [1.807, 2.05) is 12.1 Å². The van der Waals surface area contributed by atoms with Gasteiger partial charge in [-0.2, -0.15) is 5.10 Å². The second-order valence-corrected chi connectivity index (χ2v) is 8.98. The predicted octanol–water partition coefficient (Wildman–Crippen LogP) is 5.56. The lowest BCUT2D eigenvalue weighted by Gasteiger charge is -2.26. The number of amides is 1. The van der Waals surface area contributed by atoms with Crippen LogP contribution in [-0.4, -0.2) is 34.1 Å². The Labute approximate surface area is 201 Å². The van der Waals surface area contributed by atoms with E-state index < -0.39 is 17.5 Å². The predicted molar refractivity (Wildman–Crippen MR) is 128 cm³/mol. The zero-order chi connectivity index (χ0) is 24.4. The van der Waals surface area contributed by atoms with E-state index in [-0.39, 0.29) is 18.1 Å². The Morgan fingerprint density at radius 1 is 0.857 bits per heavy atom. The van der Waals surface area contributed by atoms with E-state index in [9.17, 15) is 18.0 Å². The van der Waals surface area contributed by atoms with Crippen LogP contribution in [0.5, 0.6) is 0 Å². The minimum atomic E-state index is -0.709. The third kappa shape index (κ3) is 5.38. The first-order valence-corrected chi connectivity index (χ1v) is 11.7. The van der Waals surface area contributed by atoms with E-state index in [1.54, 1.807) is 18.2 Å². The van der Waals surface area contributed by atoms with Crippen LogP contribution in [0.1, 0.15) is 40.9 Å². The number of piperidine rings is 1. The van der Waals surface area contributed by atoms with Crippen molar-refractivity contribution in [3.05, 3.63) is 88.9 Å². The number of benzene rings is 3. The van der Waals surface area contributed by atoms with Crippen LogP contribution >= 0.6 is 0 Å². The highest BCUT2D eigenvalue weighted by molar-refractivity contribution is 6.05. The first-order valence-electron chi connectivity index (χ1n) is 11.7. The molecule has 180 valence electrons. The average Bonchev–Trinajstić information content (AvgIpc) is 3.26. The number of carbonyl (C=O) groups excluding carboxylic acids is 1. The normalized spacial score (nSPS) is 14.4. The molecule has 3 aromatic carbocycles. The van der Waals surface area contributed by atoms with Crippen molar-refractivity contribution in [1.29, 1.82) is 0 Å². The Kier molecular flexibility index (Phi) is 6.55. The third-order valence-electron chi connectivity index (χ3n) is 6.30. The Balaban J connectivity index is 1.38. The van der Waals surface area contributed by atoms with Crippen molar-refractivity contribution in [2.24, 2.45) is 0 Å². The number of nitrogens with zero attached hydrogens (tertiary/aromatic N) is 2. The highest BCUT2D eigenvalue weighted by Crippen LogP contribution is 2.28. The third-order valence-corrected chi connectivity index (χ3v) is 6.30. The number of aromatic amines is 1. The number of carbonyl (C=O) groups is 1. The maximum atomic E-state index is 14.5. The molecule has 5 nitrogen and oxygen atoms in total. The van der Waals surface area contributed by atoms with Crippen LogP contribution in [0.15, 0.2) is 54.6 Å². The lowest BCUT2D eigenvalue weighted by Crippen LogP contribution is -2.29. The molecule has 1 amide bonds. The molecule has 1 saturated heterocycles. The number of rotatable bonds is 6. The van der Waals surface area contributed by atoms with Gasteiger partial charge in [0.25, 0.3) is 5.91 Å². The summed E-state index contributed by atoms with van der Waals surface area (Å²) in [6.45, 7) is 2.69. The fraction of sp³-hybridized carbons (Fsp3) is 0.259. The quantitative estimate of drug-likeness (QED) is 0.381. The second kappa shape index (κ2) is 9.92.